The molecule has 0 saturated heterocycles. The Morgan fingerprint density at radius 3 is 2.25 bits per heavy atom. The molecule has 20 heavy (non-hydrogen) atoms. The third kappa shape index (κ3) is 4.15. The summed E-state index contributed by atoms with van der Waals surface area (Å²) in [6.07, 6.45) is -0.688. The number of hydrogen-bond donors (Lipinski definition) is 1. The number of carbonyl (C=O) groups is 1. The lowest BCUT2D eigenvalue weighted by molar-refractivity contribution is -0.138. The van der Waals surface area contributed by atoms with Gasteiger partial charge >= 0.3 is 6.18 Å². The molecule has 1 aromatic carbocycles. The molecule has 106 valence electrons. The van der Waals surface area contributed by atoms with Crippen molar-refractivity contribution in [3.8, 4) is 5.69 Å². The number of alkyl halides is 3. The number of benzene rings is 1. The van der Waals surface area contributed by atoms with E-state index in [1.165, 1.54) is 0 Å². The van der Waals surface area contributed by atoms with Gasteiger partial charge in [-0.15, -0.1) is 0 Å². The maximum atomic E-state index is 11.9. The SMILES string of the molecule is O=C(Cc1ccc(-n2cccc2)cc1)NCC(F)(F)F. The van der Waals surface area contributed by atoms with Gasteiger partial charge in [-0.25, -0.2) is 0 Å². The Balaban J connectivity index is 1.92. The van der Waals surface area contributed by atoms with Gasteiger partial charge in [-0.1, -0.05) is 12.1 Å². The standard InChI is InChI=1S/C14H13F3N2O/c15-14(16,17)10-18-13(20)9-11-3-5-12(6-4-11)19-7-1-2-8-19/h1-8H,9-10H2,(H,18,20). The topological polar surface area (TPSA) is 34.0 Å². The molecule has 3 nitrogen and oxygen atoms in total. The predicted molar refractivity (Wildman–Crippen MR) is 68.5 cm³/mol. The van der Waals surface area contributed by atoms with Crippen LogP contribution in [0.2, 0.25) is 0 Å². The largest absolute Gasteiger partial charge is 0.405 e. The van der Waals surface area contributed by atoms with Gasteiger partial charge in [0.25, 0.3) is 0 Å². The van der Waals surface area contributed by atoms with E-state index < -0.39 is 18.6 Å². The van der Waals surface area contributed by atoms with Gasteiger partial charge in [0.05, 0.1) is 6.42 Å². The highest BCUT2D eigenvalue weighted by Crippen LogP contribution is 2.13. The Morgan fingerprint density at radius 1 is 1.10 bits per heavy atom. The van der Waals surface area contributed by atoms with Gasteiger partial charge in [-0.3, -0.25) is 4.79 Å². The molecule has 0 aliphatic carbocycles. The quantitative estimate of drug-likeness (QED) is 0.919. The molecule has 2 rings (SSSR count). The molecular formula is C14H13F3N2O. The number of halogens is 3. The van der Waals surface area contributed by atoms with E-state index in [1.807, 2.05) is 46.5 Å². The van der Waals surface area contributed by atoms with Crippen LogP contribution < -0.4 is 5.32 Å². The molecule has 1 N–H and O–H groups in total. The van der Waals surface area contributed by atoms with Gasteiger partial charge in [0.2, 0.25) is 5.91 Å². The van der Waals surface area contributed by atoms with Crippen LogP contribution >= 0.6 is 0 Å². The van der Waals surface area contributed by atoms with E-state index in [2.05, 4.69) is 0 Å². The number of amides is 1. The van der Waals surface area contributed by atoms with Crippen LogP contribution in [0.25, 0.3) is 5.69 Å². The first-order valence-electron chi connectivity index (χ1n) is 6.00. The van der Waals surface area contributed by atoms with Crippen LogP contribution in [-0.4, -0.2) is 23.2 Å². The summed E-state index contributed by atoms with van der Waals surface area (Å²) in [6, 6.07) is 10.8. The van der Waals surface area contributed by atoms with Crippen molar-refractivity contribution in [1.82, 2.24) is 9.88 Å². The summed E-state index contributed by atoms with van der Waals surface area (Å²) in [5.41, 5.74) is 1.59. The molecule has 0 aliphatic rings. The van der Waals surface area contributed by atoms with Crippen molar-refractivity contribution < 1.29 is 18.0 Å². The molecule has 0 fully saturated rings. The lowest BCUT2D eigenvalue weighted by Crippen LogP contribution is -2.34. The third-order valence-corrected chi connectivity index (χ3v) is 2.69. The molecule has 0 saturated carbocycles. The molecule has 6 heteroatoms. The fourth-order valence-corrected chi connectivity index (χ4v) is 1.74. The van der Waals surface area contributed by atoms with Crippen LogP contribution in [0.3, 0.4) is 0 Å². The summed E-state index contributed by atoms with van der Waals surface area (Å²) in [5.74, 6) is -0.643. The smallest absolute Gasteiger partial charge is 0.347 e. The highest BCUT2D eigenvalue weighted by Gasteiger charge is 2.27. The lowest BCUT2D eigenvalue weighted by Gasteiger charge is -2.09. The number of carbonyl (C=O) groups excluding carboxylic acids is 1. The summed E-state index contributed by atoms with van der Waals surface area (Å²) < 4.78 is 37.7. The second kappa shape index (κ2) is 5.81. The number of nitrogens with one attached hydrogen (secondary N) is 1. The van der Waals surface area contributed by atoms with Crippen molar-refractivity contribution in [1.29, 1.82) is 0 Å². The summed E-state index contributed by atoms with van der Waals surface area (Å²) in [5, 5.41) is 1.84. The molecule has 1 heterocycles. The highest BCUT2D eigenvalue weighted by atomic mass is 19.4. The molecule has 0 spiro atoms. The van der Waals surface area contributed by atoms with Crippen LogP contribution in [0, 0.1) is 0 Å². The molecule has 0 unspecified atom stereocenters. The van der Waals surface area contributed by atoms with Gasteiger partial charge in [-0.2, -0.15) is 13.2 Å². The second-order valence-corrected chi connectivity index (χ2v) is 4.33. The number of rotatable bonds is 4. The summed E-state index contributed by atoms with van der Waals surface area (Å²) in [7, 11) is 0. The van der Waals surface area contributed by atoms with Gasteiger partial charge in [0.15, 0.2) is 0 Å². The first kappa shape index (κ1) is 14.2. The van der Waals surface area contributed by atoms with Crippen molar-refractivity contribution >= 4 is 5.91 Å². The zero-order valence-corrected chi connectivity index (χ0v) is 10.5. The van der Waals surface area contributed by atoms with Gasteiger partial charge in [0, 0.05) is 18.1 Å². The van der Waals surface area contributed by atoms with E-state index in [4.69, 9.17) is 0 Å². The Morgan fingerprint density at radius 2 is 1.70 bits per heavy atom. The van der Waals surface area contributed by atoms with Crippen molar-refractivity contribution in [3.05, 3.63) is 54.4 Å². The maximum Gasteiger partial charge on any atom is 0.405 e. The van der Waals surface area contributed by atoms with E-state index in [-0.39, 0.29) is 6.42 Å². The van der Waals surface area contributed by atoms with Gasteiger partial charge in [-0.05, 0) is 29.8 Å². The van der Waals surface area contributed by atoms with Crippen molar-refractivity contribution in [3.63, 3.8) is 0 Å². The number of hydrogen-bond acceptors (Lipinski definition) is 1. The Bertz CT molecular complexity index is 559. The molecule has 0 bridgehead atoms. The van der Waals surface area contributed by atoms with Crippen LogP contribution in [0.4, 0.5) is 13.2 Å². The van der Waals surface area contributed by atoms with Crippen LogP contribution in [0.5, 0.6) is 0 Å². The molecule has 0 radical (unpaired) electrons. The fourth-order valence-electron chi connectivity index (χ4n) is 1.74. The monoisotopic (exact) mass is 282 g/mol. The predicted octanol–water partition coefficient (Wildman–Crippen LogP) is 2.70. The molecule has 0 atom stereocenters. The minimum atomic E-state index is -4.38. The van der Waals surface area contributed by atoms with E-state index in [0.717, 1.165) is 5.69 Å². The normalized spacial score (nSPS) is 11.3. The minimum absolute atomic E-state index is 0.0674. The molecule has 2 aromatic rings. The van der Waals surface area contributed by atoms with Gasteiger partial charge in [0.1, 0.15) is 6.54 Å². The average Bonchev–Trinajstić information content (AvgIpc) is 2.90. The van der Waals surface area contributed by atoms with Crippen molar-refractivity contribution in [2.75, 3.05) is 6.54 Å². The minimum Gasteiger partial charge on any atom is -0.347 e. The summed E-state index contributed by atoms with van der Waals surface area (Å²) in [4.78, 5) is 11.4. The first-order valence-corrected chi connectivity index (χ1v) is 6.00. The Kier molecular flexibility index (Phi) is 4.12. The zero-order chi connectivity index (χ0) is 14.6. The second-order valence-electron chi connectivity index (χ2n) is 4.33. The average molecular weight is 282 g/mol. The summed E-state index contributed by atoms with van der Waals surface area (Å²) in [6.45, 7) is -1.30. The zero-order valence-electron chi connectivity index (χ0n) is 10.5. The van der Waals surface area contributed by atoms with Crippen LogP contribution in [0.15, 0.2) is 48.8 Å². The van der Waals surface area contributed by atoms with Crippen molar-refractivity contribution in [2.45, 2.75) is 12.6 Å². The molecule has 0 aliphatic heterocycles. The fraction of sp³-hybridized carbons (Fsp3) is 0.214. The van der Waals surface area contributed by atoms with E-state index in [0.29, 0.717) is 5.56 Å². The van der Waals surface area contributed by atoms with Crippen LogP contribution in [-0.2, 0) is 11.2 Å². The van der Waals surface area contributed by atoms with E-state index in [9.17, 15) is 18.0 Å². The lowest BCUT2D eigenvalue weighted by atomic mass is 10.1. The highest BCUT2D eigenvalue weighted by molar-refractivity contribution is 5.78. The maximum absolute atomic E-state index is 11.9. The van der Waals surface area contributed by atoms with Crippen LogP contribution in [0.1, 0.15) is 5.56 Å². The third-order valence-electron chi connectivity index (χ3n) is 2.69. The van der Waals surface area contributed by atoms with E-state index >= 15 is 0 Å². The molecular weight excluding hydrogens is 269 g/mol. The van der Waals surface area contributed by atoms with Crippen molar-refractivity contribution in [2.24, 2.45) is 0 Å². The molecule has 1 amide bonds. The van der Waals surface area contributed by atoms with E-state index in [1.54, 1.807) is 12.1 Å². The Hall–Kier alpha value is -2.24. The first-order chi connectivity index (χ1) is 9.44. The number of nitrogens with zero attached hydrogens (tertiary/aromatic N) is 1. The van der Waals surface area contributed by atoms with Gasteiger partial charge < -0.3 is 9.88 Å². The Labute approximate surface area is 114 Å². The number of aromatic nitrogens is 1. The summed E-state index contributed by atoms with van der Waals surface area (Å²) >= 11 is 0. The molecule has 1 aromatic heterocycles.